The third-order valence-electron chi connectivity index (χ3n) is 4.00. The maximum Gasteiger partial charge on any atom is 0.245 e. The van der Waals surface area contributed by atoms with E-state index in [2.05, 4.69) is 15.6 Å². The van der Waals surface area contributed by atoms with Gasteiger partial charge in [-0.05, 0) is 25.1 Å². The number of hydrogen-bond acceptors (Lipinski definition) is 7. The van der Waals surface area contributed by atoms with E-state index < -0.39 is 0 Å². The molecule has 1 saturated heterocycles. The first-order valence-corrected chi connectivity index (χ1v) is 8.60. The van der Waals surface area contributed by atoms with Gasteiger partial charge in [0.15, 0.2) is 16.6 Å². The molecule has 0 aliphatic carbocycles. The van der Waals surface area contributed by atoms with E-state index in [1.807, 2.05) is 30.5 Å². The maximum atomic E-state index is 12.4. The molecule has 0 unspecified atom stereocenters. The van der Waals surface area contributed by atoms with Gasteiger partial charge in [0, 0.05) is 17.5 Å². The molecule has 2 atom stereocenters. The number of carbonyl (C=O) groups is 1. The van der Waals surface area contributed by atoms with E-state index in [0.29, 0.717) is 24.0 Å². The molecule has 0 spiro atoms. The molecule has 3 heterocycles. The largest absolute Gasteiger partial charge is 0.454 e. The number of thiazole rings is 1. The molecule has 0 bridgehead atoms. The number of hydrogen-bond donors (Lipinski definition) is 2. The summed E-state index contributed by atoms with van der Waals surface area (Å²) >= 11 is 1.39. The van der Waals surface area contributed by atoms with E-state index >= 15 is 0 Å². The van der Waals surface area contributed by atoms with Crippen molar-refractivity contribution in [2.24, 2.45) is 0 Å². The summed E-state index contributed by atoms with van der Waals surface area (Å²) < 4.78 is 16.2. The number of halogens is 1. The van der Waals surface area contributed by atoms with E-state index in [1.165, 1.54) is 11.3 Å². The van der Waals surface area contributed by atoms with E-state index in [0.717, 1.165) is 17.0 Å². The smallest absolute Gasteiger partial charge is 0.245 e. The number of morpholine rings is 1. The molecular weight excluding hydrogens is 366 g/mol. The highest BCUT2D eigenvalue weighted by atomic mass is 35.5. The van der Waals surface area contributed by atoms with Crippen LogP contribution in [0.4, 0.5) is 5.13 Å². The molecule has 9 heteroatoms. The van der Waals surface area contributed by atoms with Crippen LogP contribution in [0.3, 0.4) is 0 Å². The van der Waals surface area contributed by atoms with Crippen LogP contribution in [-0.2, 0) is 9.53 Å². The highest BCUT2D eigenvalue weighted by Crippen LogP contribution is 2.36. The molecule has 2 aliphatic rings. The quantitative estimate of drug-likeness (QED) is 0.846. The average Bonchev–Trinajstić information content (AvgIpc) is 3.23. The molecule has 2 aromatic rings. The lowest BCUT2D eigenvalue weighted by molar-refractivity contribution is -0.123. The Kier molecular flexibility index (Phi) is 5.43. The Morgan fingerprint density at radius 2 is 2.20 bits per heavy atom. The van der Waals surface area contributed by atoms with Crippen molar-refractivity contribution in [2.75, 3.05) is 25.3 Å². The molecule has 25 heavy (non-hydrogen) atoms. The summed E-state index contributed by atoms with van der Waals surface area (Å²) in [5.41, 5.74) is 1.71. The SMILES string of the molecule is C[C@H]1OCCN[C@@H]1C(=O)Nc1nc(-c2ccc3c(c2)OCO3)cs1.Cl. The van der Waals surface area contributed by atoms with E-state index in [4.69, 9.17) is 14.2 Å². The van der Waals surface area contributed by atoms with Gasteiger partial charge in [0.25, 0.3) is 0 Å². The number of fused-ring (bicyclic) bond motifs is 1. The fourth-order valence-electron chi connectivity index (χ4n) is 2.73. The third-order valence-corrected chi connectivity index (χ3v) is 4.76. The first-order valence-electron chi connectivity index (χ1n) is 7.72. The van der Waals surface area contributed by atoms with Gasteiger partial charge in [-0.3, -0.25) is 4.79 Å². The Morgan fingerprint density at radius 3 is 3.04 bits per heavy atom. The highest BCUT2D eigenvalue weighted by Gasteiger charge is 2.28. The Bertz CT molecular complexity index is 770. The Balaban J connectivity index is 0.00000182. The molecule has 1 aromatic carbocycles. The zero-order chi connectivity index (χ0) is 16.5. The van der Waals surface area contributed by atoms with Crippen LogP contribution >= 0.6 is 23.7 Å². The highest BCUT2D eigenvalue weighted by molar-refractivity contribution is 7.14. The second kappa shape index (κ2) is 7.57. The van der Waals surface area contributed by atoms with Gasteiger partial charge in [0.2, 0.25) is 12.7 Å². The summed E-state index contributed by atoms with van der Waals surface area (Å²) in [6, 6.07) is 5.31. The Labute approximate surface area is 155 Å². The number of nitrogens with zero attached hydrogens (tertiary/aromatic N) is 1. The van der Waals surface area contributed by atoms with Crippen LogP contribution in [0.1, 0.15) is 6.92 Å². The number of rotatable bonds is 3. The minimum absolute atomic E-state index is 0. The van der Waals surface area contributed by atoms with Crippen molar-refractivity contribution in [2.45, 2.75) is 19.1 Å². The fourth-order valence-corrected chi connectivity index (χ4v) is 3.45. The molecule has 2 N–H and O–H groups in total. The minimum atomic E-state index is -0.364. The topological polar surface area (TPSA) is 81.7 Å². The summed E-state index contributed by atoms with van der Waals surface area (Å²) in [7, 11) is 0. The fraction of sp³-hybridized carbons (Fsp3) is 0.375. The van der Waals surface area contributed by atoms with Crippen molar-refractivity contribution in [1.29, 1.82) is 0 Å². The number of ether oxygens (including phenoxy) is 3. The molecule has 0 saturated carbocycles. The van der Waals surface area contributed by atoms with Gasteiger partial charge in [-0.15, -0.1) is 23.7 Å². The molecule has 1 aromatic heterocycles. The predicted molar refractivity (Wildman–Crippen MR) is 96.8 cm³/mol. The molecule has 0 radical (unpaired) electrons. The summed E-state index contributed by atoms with van der Waals surface area (Å²) in [6.07, 6.45) is -0.160. The van der Waals surface area contributed by atoms with Gasteiger partial charge in [-0.25, -0.2) is 4.98 Å². The van der Waals surface area contributed by atoms with Crippen molar-refractivity contribution in [1.82, 2.24) is 10.3 Å². The number of nitrogens with one attached hydrogen (secondary N) is 2. The molecular formula is C16H18ClN3O4S. The van der Waals surface area contributed by atoms with Crippen LogP contribution < -0.4 is 20.1 Å². The van der Waals surface area contributed by atoms with E-state index in [1.54, 1.807) is 0 Å². The lowest BCUT2D eigenvalue weighted by atomic mass is 10.1. The van der Waals surface area contributed by atoms with Crippen LogP contribution in [0, 0.1) is 0 Å². The molecule has 134 valence electrons. The van der Waals surface area contributed by atoms with Gasteiger partial charge < -0.3 is 24.8 Å². The number of aromatic nitrogens is 1. The molecule has 4 rings (SSSR count). The minimum Gasteiger partial charge on any atom is -0.454 e. The van der Waals surface area contributed by atoms with Crippen LogP contribution in [-0.4, -0.2) is 43.0 Å². The summed E-state index contributed by atoms with van der Waals surface area (Å²) in [6.45, 7) is 3.42. The maximum absolute atomic E-state index is 12.4. The summed E-state index contributed by atoms with van der Waals surface area (Å²) in [5.74, 6) is 1.32. The standard InChI is InChI=1S/C16H17N3O4S.ClH/c1-9-14(17-4-5-21-9)15(20)19-16-18-11(7-24-16)10-2-3-12-13(6-10)23-8-22-12;/h2-3,6-7,9,14,17H,4-5,8H2,1H3,(H,18,19,20);1H/t9-,14+;/m1./s1. The number of carbonyl (C=O) groups excluding carboxylic acids is 1. The number of amides is 1. The van der Waals surface area contributed by atoms with Gasteiger partial charge >= 0.3 is 0 Å². The van der Waals surface area contributed by atoms with Gasteiger partial charge in [-0.2, -0.15) is 0 Å². The summed E-state index contributed by atoms with van der Waals surface area (Å²) in [4.78, 5) is 16.8. The lowest BCUT2D eigenvalue weighted by Gasteiger charge is -2.28. The molecule has 1 amide bonds. The second-order valence-corrected chi connectivity index (χ2v) is 6.46. The number of anilines is 1. The molecule has 7 nitrogen and oxygen atoms in total. The first kappa shape index (κ1) is 17.9. The van der Waals surface area contributed by atoms with Gasteiger partial charge in [0.1, 0.15) is 6.04 Å². The number of benzene rings is 1. The molecule has 2 aliphatic heterocycles. The van der Waals surface area contributed by atoms with Crippen molar-refractivity contribution >= 4 is 34.8 Å². The van der Waals surface area contributed by atoms with E-state index in [9.17, 15) is 4.79 Å². The van der Waals surface area contributed by atoms with Crippen LogP contribution in [0.5, 0.6) is 11.5 Å². The third kappa shape index (κ3) is 3.72. The van der Waals surface area contributed by atoms with Crippen LogP contribution in [0.15, 0.2) is 23.6 Å². The average molecular weight is 384 g/mol. The van der Waals surface area contributed by atoms with Crippen molar-refractivity contribution in [3.63, 3.8) is 0 Å². The normalized spacial score (nSPS) is 21.5. The summed E-state index contributed by atoms with van der Waals surface area (Å²) in [5, 5.41) is 8.49. The molecule has 1 fully saturated rings. The Morgan fingerprint density at radius 1 is 1.36 bits per heavy atom. The van der Waals surface area contributed by atoms with Crippen molar-refractivity contribution in [3.05, 3.63) is 23.6 Å². The van der Waals surface area contributed by atoms with Crippen LogP contribution in [0.2, 0.25) is 0 Å². The first-order chi connectivity index (χ1) is 11.7. The lowest BCUT2D eigenvalue weighted by Crippen LogP contribution is -2.53. The van der Waals surface area contributed by atoms with Crippen LogP contribution in [0.25, 0.3) is 11.3 Å². The van der Waals surface area contributed by atoms with Crippen molar-refractivity contribution < 1.29 is 19.0 Å². The van der Waals surface area contributed by atoms with E-state index in [-0.39, 0.29) is 37.3 Å². The predicted octanol–water partition coefficient (Wildman–Crippen LogP) is 2.28. The zero-order valence-electron chi connectivity index (χ0n) is 13.5. The monoisotopic (exact) mass is 383 g/mol. The Hall–Kier alpha value is -1.87. The second-order valence-electron chi connectivity index (χ2n) is 5.60. The van der Waals surface area contributed by atoms with Gasteiger partial charge in [0.05, 0.1) is 18.4 Å². The zero-order valence-corrected chi connectivity index (χ0v) is 15.1. The van der Waals surface area contributed by atoms with Crippen molar-refractivity contribution in [3.8, 4) is 22.8 Å². The van der Waals surface area contributed by atoms with Gasteiger partial charge in [-0.1, -0.05) is 0 Å².